The molecule has 18 heavy (non-hydrogen) atoms. The molecule has 2 rings (SSSR count). The quantitative estimate of drug-likeness (QED) is 0.580. The van der Waals surface area contributed by atoms with Gasteiger partial charge >= 0.3 is 11.8 Å². The number of carbonyl (C=O) groups is 2. The van der Waals surface area contributed by atoms with Gasteiger partial charge in [-0.15, -0.1) is 10.2 Å². The van der Waals surface area contributed by atoms with Gasteiger partial charge in [0.15, 0.2) is 0 Å². The van der Waals surface area contributed by atoms with Crippen LogP contribution in [0.3, 0.4) is 0 Å². The van der Waals surface area contributed by atoms with E-state index in [1.165, 1.54) is 30.2 Å². The van der Waals surface area contributed by atoms with Crippen molar-refractivity contribution < 1.29 is 9.59 Å². The smallest absolute Gasteiger partial charge is 0.328 e. The van der Waals surface area contributed by atoms with Crippen LogP contribution in [0.5, 0.6) is 0 Å². The Morgan fingerprint density at radius 1 is 1.00 bits per heavy atom. The second kappa shape index (κ2) is 6.13. The number of rotatable bonds is 2. The molecule has 0 spiro atoms. The lowest BCUT2D eigenvalue weighted by Gasteiger charge is -2.15. The van der Waals surface area contributed by atoms with Crippen molar-refractivity contribution in [3.63, 3.8) is 0 Å². The minimum atomic E-state index is -0.695. The highest BCUT2D eigenvalue weighted by molar-refractivity contribution is 6.38. The van der Waals surface area contributed by atoms with Crippen LogP contribution in [0.2, 0.25) is 0 Å². The van der Waals surface area contributed by atoms with Crippen LogP contribution in [0.1, 0.15) is 38.5 Å². The fraction of sp³-hybridized carbons (Fsp3) is 0.636. The molecule has 98 valence electrons. The molecule has 1 aliphatic carbocycles. The third-order valence-corrected chi connectivity index (χ3v) is 3.05. The van der Waals surface area contributed by atoms with Crippen molar-refractivity contribution in [3.05, 3.63) is 12.7 Å². The van der Waals surface area contributed by atoms with Gasteiger partial charge in [0.2, 0.25) is 0 Å². The maximum absolute atomic E-state index is 11.7. The molecule has 0 bridgehead atoms. The number of carbonyl (C=O) groups excluding carboxylic acids is 2. The average molecular weight is 251 g/mol. The van der Waals surface area contributed by atoms with Gasteiger partial charge in [-0.05, 0) is 12.8 Å². The van der Waals surface area contributed by atoms with E-state index in [-0.39, 0.29) is 6.04 Å². The number of hydrogen-bond acceptors (Lipinski definition) is 4. The van der Waals surface area contributed by atoms with E-state index >= 15 is 0 Å². The van der Waals surface area contributed by atoms with Crippen molar-refractivity contribution in [2.75, 3.05) is 5.43 Å². The van der Waals surface area contributed by atoms with Gasteiger partial charge in [0.25, 0.3) is 0 Å². The van der Waals surface area contributed by atoms with Crippen LogP contribution in [-0.4, -0.2) is 32.7 Å². The van der Waals surface area contributed by atoms with Crippen LogP contribution in [0.4, 0.5) is 0 Å². The average Bonchev–Trinajstić information content (AvgIpc) is 2.72. The van der Waals surface area contributed by atoms with E-state index in [0.29, 0.717) is 0 Å². The lowest BCUT2D eigenvalue weighted by molar-refractivity contribution is -0.137. The third-order valence-electron chi connectivity index (χ3n) is 3.05. The second-order valence-corrected chi connectivity index (χ2v) is 4.47. The van der Waals surface area contributed by atoms with E-state index in [1.54, 1.807) is 0 Å². The number of hydrogen-bond donors (Lipinski definition) is 2. The van der Waals surface area contributed by atoms with Crippen molar-refractivity contribution in [2.24, 2.45) is 0 Å². The first-order chi connectivity index (χ1) is 8.75. The summed E-state index contributed by atoms with van der Waals surface area (Å²) in [7, 11) is 0. The van der Waals surface area contributed by atoms with E-state index in [9.17, 15) is 9.59 Å². The van der Waals surface area contributed by atoms with E-state index in [4.69, 9.17) is 0 Å². The molecule has 0 aromatic carbocycles. The normalized spacial score (nSPS) is 16.9. The molecule has 0 aliphatic heterocycles. The SMILES string of the molecule is O=C(NC1CCCCCC1)C(=O)Nn1cnnc1. The zero-order valence-electron chi connectivity index (χ0n) is 10.1. The molecular weight excluding hydrogens is 234 g/mol. The van der Waals surface area contributed by atoms with Gasteiger partial charge in [0, 0.05) is 6.04 Å². The number of aromatic nitrogens is 3. The summed E-state index contributed by atoms with van der Waals surface area (Å²) in [5.74, 6) is -1.30. The Morgan fingerprint density at radius 2 is 1.61 bits per heavy atom. The zero-order chi connectivity index (χ0) is 12.8. The van der Waals surface area contributed by atoms with Crippen LogP contribution in [0.15, 0.2) is 12.7 Å². The van der Waals surface area contributed by atoms with E-state index < -0.39 is 11.8 Å². The summed E-state index contributed by atoms with van der Waals surface area (Å²) < 4.78 is 1.25. The molecule has 1 aromatic rings. The molecule has 1 aliphatic rings. The Bertz CT molecular complexity index is 396. The largest absolute Gasteiger partial charge is 0.345 e. The Labute approximate surface area is 105 Å². The molecule has 1 saturated carbocycles. The first-order valence-corrected chi connectivity index (χ1v) is 6.22. The minimum absolute atomic E-state index is 0.117. The van der Waals surface area contributed by atoms with Gasteiger partial charge in [-0.25, -0.2) is 4.68 Å². The van der Waals surface area contributed by atoms with Crippen LogP contribution < -0.4 is 10.7 Å². The highest BCUT2D eigenvalue weighted by Crippen LogP contribution is 2.16. The van der Waals surface area contributed by atoms with Crippen molar-refractivity contribution in [2.45, 2.75) is 44.6 Å². The van der Waals surface area contributed by atoms with Crippen LogP contribution in [-0.2, 0) is 9.59 Å². The molecule has 1 fully saturated rings. The molecule has 0 atom stereocenters. The van der Waals surface area contributed by atoms with Gasteiger partial charge in [-0.3, -0.25) is 15.0 Å². The fourth-order valence-corrected chi connectivity index (χ4v) is 2.10. The topological polar surface area (TPSA) is 88.9 Å². The van der Waals surface area contributed by atoms with Crippen molar-refractivity contribution in [1.29, 1.82) is 0 Å². The number of nitrogens with zero attached hydrogens (tertiary/aromatic N) is 3. The monoisotopic (exact) mass is 251 g/mol. The summed E-state index contributed by atoms with van der Waals surface area (Å²) in [6, 6.07) is 0.117. The minimum Gasteiger partial charge on any atom is -0.345 e. The summed E-state index contributed by atoms with van der Waals surface area (Å²) in [6.07, 6.45) is 9.17. The van der Waals surface area contributed by atoms with E-state index in [1.807, 2.05) is 0 Å². The summed E-state index contributed by atoms with van der Waals surface area (Å²) in [4.78, 5) is 23.2. The van der Waals surface area contributed by atoms with Gasteiger partial charge in [0.1, 0.15) is 12.7 Å². The Hall–Kier alpha value is -1.92. The number of nitrogens with one attached hydrogen (secondary N) is 2. The molecule has 0 radical (unpaired) electrons. The zero-order valence-corrected chi connectivity index (χ0v) is 10.1. The number of amides is 2. The highest BCUT2D eigenvalue weighted by Gasteiger charge is 2.19. The summed E-state index contributed by atoms with van der Waals surface area (Å²) in [5, 5.41) is 9.82. The lowest BCUT2D eigenvalue weighted by Crippen LogP contribution is -2.43. The van der Waals surface area contributed by atoms with Gasteiger partial charge in [0.05, 0.1) is 0 Å². The predicted molar refractivity (Wildman–Crippen MR) is 64.0 cm³/mol. The highest BCUT2D eigenvalue weighted by atomic mass is 16.2. The first-order valence-electron chi connectivity index (χ1n) is 6.22. The van der Waals surface area contributed by atoms with Gasteiger partial charge in [-0.1, -0.05) is 25.7 Å². The van der Waals surface area contributed by atoms with Crippen LogP contribution in [0, 0.1) is 0 Å². The molecule has 7 nitrogen and oxygen atoms in total. The fourth-order valence-electron chi connectivity index (χ4n) is 2.10. The lowest BCUT2D eigenvalue weighted by atomic mass is 10.1. The van der Waals surface area contributed by atoms with Crippen molar-refractivity contribution in [3.8, 4) is 0 Å². The Balaban J connectivity index is 1.81. The summed E-state index contributed by atoms with van der Waals surface area (Å²) in [6.45, 7) is 0. The molecule has 0 saturated heterocycles. The Kier molecular flexibility index (Phi) is 4.27. The Morgan fingerprint density at radius 3 is 2.22 bits per heavy atom. The summed E-state index contributed by atoms with van der Waals surface area (Å²) in [5.41, 5.74) is 2.37. The summed E-state index contributed by atoms with van der Waals surface area (Å²) >= 11 is 0. The second-order valence-electron chi connectivity index (χ2n) is 4.47. The molecule has 7 heteroatoms. The standard InChI is InChI=1S/C11H17N5O2/c17-10(11(18)15-16-7-12-13-8-16)14-9-5-3-1-2-4-6-9/h7-9H,1-6H2,(H,14,17)(H,15,18). The van der Waals surface area contributed by atoms with Gasteiger partial charge in [-0.2, -0.15) is 0 Å². The van der Waals surface area contributed by atoms with E-state index in [0.717, 1.165) is 25.7 Å². The van der Waals surface area contributed by atoms with E-state index in [2.05, 4.69) is 20.9 Å². The first kappa shape index (κ1) is 12.5. The van der Waals surface area contributed by atoms with Gasteiger partial charge < -0.3 is 5.32 Å². The molecule has 1 aromatic heterocycles. The third kappa shape index (κ3) is 3.54. The maximum Gasteiger partial charge on any atom is 0.328 e. The molecular formula is C11H17N5O2. The van der Waals surface area contributed by atoms with Crippen LogP contribution in [0.25, 0.3) is 0 Å². The van der Waals surface area contributed by atoms with Crippen molar-refractivity contribution in [1.82, 2.24) is 20.2 Å². The predicted octanol–water partition coefficient (Wildman–Crippen LogP) is 0.187. The molecule has 2 N–H and O–H groups in total. The molecule has 0 unspecified atom stereocenters. The van der Waals surface area contributed by atoms with Crippen LogP contribution >= 0.6 is 0 Å². The maximum atomic E-state index is 11.7. The molecule has 2 amide bonds. The molecule has 1 heterocycles. The van der Waals surface area contributed by atoms with Crippen molar-refractivity contribution >= 4 is 11.8 Å².